The van der Waals surface area contributed by atoms with Gasteiger partial charge in [-0.05, 0) is 56.2 Å². The van der Waals surface area contributed by atoms with Gasteiger partial charge in [-0.3, -0.25) is 9.59 Å². The van der Waals surface area contributed by atoms with Crippen LogP contribution < -0.4 is 10.0 Å². The summed E-state index contributed by atoms with van der Waals surface area (Å²) in [6.07, 6.45) is 4.78. The number of carbonyl (C=O) groups excluding carboxylic acids is 1. The van der Waals surface area contributed by atoms with Crippen LogP contribution in [0.3, 0.4) is 0 Å². The lowest BCUT2D eigenvalue weighted by atomic mass is 9.74. The molecule has 142 valence electrons. The van der Waals surface area contributed by atoms with Gasteiger partial charge in [0.2, 0.25) is 15.9 Å². The number of aliphatic carboxylic acids is 1. The number of hydrogen-bond donors (Lipinski definition) is 3. The molecule has 26 heavy (non-hydrogen) atoms. The van der Waals surface area contributed by atoms with E-state index in [0.29, 0.717) is 19.3 Å². The molecule has 2 aliphatic carbocycles. The molecule has 2 aliphatic rings. The smallest absolute Gasteiger partial charge is 0.305 e. The third-order valence-electron chi connectivity index (χ3n) is 4.98. The maximum atomic E-state index is 12.2. The highest BCUT2D eigenvalue weighted by atomic mass is 32.2. The first-order valence-corrected chi connectivity index (χ1v) is 10.4. The molecule has 7 nitrogen and oxygen atoms in total. The Balaban J connectivity index is 1.51. The van der Waals surface area contributed by atoms with Crippen molar-refractivity contribution >= 4 is 21.9 Å². The van der Waals surface area contributed by atoms with E-state index < -0.39 is 21.5 Å². The van der Waals surface area contributed by atoms with Crippen molar-refractivity contribution in [2.24, 2.45) is 0 Å². The van der Waals surface area contributed by atoms with E-state index in [1.807, 2.05) is 0 Å². The van der Waals surface area contributed by atoms with Crippen LogP contribution in [-0.2, 0) is 26.0 Å². The highest BCUT2D eigenvalue weighted by Gasteiger charge is 2.40. The van der Waals surface area contributed by atoms with Gasteiger partial charge < -0.3 is 10.4 Å². The van der Waals surface area contributed by atoms with Gasteiger partial charge in [-0.1, -0.05) is 12.1 Å². The number of nitrogens with one attached hydrogen (secondary N) is 2. The molecule has 2 saturated carbocycles. The summed E-state index contributed by atoms with van der Waals surface area (Å²) >= 11 is 0. The Labute approximate surface area is 153 Å². The van der Waals surface area contributed by atoms with Crippen molar-refractivity contribution in [1.82, 2.24) is 10.0 Å². The molecule has 0 heterocycles. The number of sulfonamides is 1. The van der Waals surface area contributed by atoms with E-state index in [1.54, 1.807) is 24.3 Å². The topological polar surface area (TPSA) is 113 Å². The average molecular weight is 380 g/mol. The fraction of sp³-hybridized carbons (Fsp3) is 0.556. The average Bonchev–Trinajstić information content (AvgIpc) is 3.34. The molecule has 1 amide bonds. The quantitative estimate of drug-likeness (QED) is 0.602. The number of rotatable bonds is 9. The van der Waals surface area contributed by atoms with Gasteiger partial charge in [-0.25, -0.2) is 13.1 Å². The third-order valence-corrected chi connectivity index (χ3v) is 6.51. The largest absolute Gasteiger partial charge is 0.481 e. The second-order valence-electron chi connectivity index (χ2n) is 7.29. The van der Waals surface area contributed by atoms with Crippen molar-refractivity contribution in [3.63, 3.8) is 0 Å². The number of hydrogen-bond acceptors (Lipinski definition) is 4. The van der Waals surface area contributed by atoms with Gasteiger partial charge in [0.05, 0.1) is 16.9 Å². The zero-order valence-electron chi connectivity index (χ0n) is 14.5. The van der Waals surface area contributed by atoms with E-state index >= 15 is 0 Å². The second kappa shape index (κ2) is 7.36. The van der Waals surface area contributed by atoms with E-state index in [1.165, 1.54) is 0 Å². The minimum Gasteiger partial charge on any atom is -0.481 e. The Morgan fingerprint density at radius 2 is 1.81 bits per heavy atom. The number of carbonyl (C=O) groups is 2. The summed E-state index contributed by atoms with van der Waals surface area (Å²) in [7, 11) is -3.46. The molecule has 8 heteroatoms. The van der Waals surface area contributed by atoms with Crippen molar-refractivity contribution in [1.29, 1.82) is 0 Å². The van der Waals surface area contributed by atoms with Gasteiger partial charge in [0, 0.05) is 12.5 Å². The molecule has 0 spiro atoms. The normalized spacial score (nSPS) is 18.8. The summed E-state index contributed by atoms with van der Waals surface area (Å²) in [5.74, 6) is -1.07. The predicted octanol–water partition coefficient (Wildman–Crippen LogP) is 1.57. The number of benzene rings is 1. The van der Waals surface area contributed by atoms with Crippen molar-refractivity contribution < 1.29 is 23.1 Å². The molecule has 0 unspecified atom stereocenters. The Kier molecular flexibility index (Phi) is 5.34. The summed E-state index contributed by atoms with van der Waals surface area (Å²) in [5, 5.41) is 11.8. The summed E-state index contributed by atoms with van der Waals surface area (Å²) in [5.41, 5.74) is 0.279. The monoisotopic (exact) mass is 380 g/mol. The van der Waals surface area contributed by atoms with Crippen LogP contribution in [0, 0.1) is 0 Å². The van der Waals surface area contributed by atoms with Crippen molar-refractivity contribution in [3.05, 3.63) is 29.8 Å². The molecule has 3 rings (SSSR count). The number of aryl methyl sites for hydroxylation is 1. The standard InChI is InChI=1S/C18H24N2O5S/c21-16(19-18(10-1-11-18)12-17(22)23)9-4-13-2-7-15(8-3-13)26(24,25)20-14-5-6-14/h2-3,7-8,14,20H,1,4-6,9-12H2,(H,19,21)(H,22,23). The molecule has 0 radical (unpaired) electrons. The molecule has 0 aliphatic heterocycles. The van der Waals surface area contributed by atoms with Gasteiger partial charge in [-0.2, -0.15) is 0 Å². The Hall–Kier alpha value is -1.93. The van der Waals surface area contributed by atoms with Crippen molar-refractivity contribution in [2.45, 2.75) is 67.8 Å². The van der Waals surface area contributed by atoms with Crippen LogP contribution in [0.5, 0.6) is 0 Å². The summed E-state index contributed by atoms with van der Waals surface area (Å²) in [4.78, 5) is 23.3. The van der Waals surface area contributed by atoms with E-state index in [2.05, 4.69) is 10.0 Å². The van der Waals surface area contributed by atoms with Gasteiger partial charge >= 0.3 is 5.97 Å². The minimum absolute atomic E-state index is 0.0424. The zero-order valence-corrected chi connectivity index (χ0v) is 15.3. The molecule has 0 bridgehead atoms. The fourth-order valence-electron chi connectivity index (χ4n) is 3.18. The first-order chi connectivity index (χ1) is 12.3. The third kappa shape index (κ3) is 4.82. The molecule has 0 atom stereocenters. The molecule has 1 aromatic carbocycles. The van der Waals surface area contributed by atoms with Crippen LogP contribution in [0.4, 0.5) is 0 Å². The van der Waals surface area contributed by atoms with Crippen LogP contribution in [0.25, 0.3) is 0 Å². The van der Waals surface area contributed by atoms with Crippen LogP contribution in [0.2, 0.25) is 0 Å². The molecule has 2 fully saturated rings. The molecule has 0 saturated heterocycles. The SMILES string of the molecule is O=C(O)CC1(NC(=O)CCc2ccc(S(=O)(=O)NC3CC3)cc2)CCC1. The van der Waals surface area contributed by atoms with E-state index in [0.717, 1.165) is 24.8 Å². The molecule has 0 aromatic heterocycles. The van der Waals surface area contributed by atoms with Crippen LogP contribution in [-0.4, -0.2) is 37.0 Å². The predicted molar refractivity (Wildman–Crippen MR) is 95.1 cm³/mol. The lowest BCUT2D eigenvalue weighted by Gasteiger charge is -2.41. The highest BCUT2D eigenvalue weighted by molar-refractivity contribution is 7.89. The Morgan fingerprint density at radius 3 is 2.31 bits per heavy atom. The van der Waals surface area contributed by atoms with Gasteiger partial charge in [0.15, 0.2) is 0 Å². The van der Waals surface area contributed by atoms with Gasteiger partial charge in [0.1, 0.15) is 0 Å². The van der Waals surface area contributed by atoms with E-state index in [4.69, 9.17) is 5.11 Å². The maximum Gasteiger partial charge on any atom is 0.305 e. The zero-order chi connectivity index (χ0) is 18.8. The lowest BCUT2D eigenvalue weighted by molar-refractivity contribution is -0.140. The fourth-order valence-corrected chi connectivity index (χ4v) is 4.48. The van der Waals surface area contributed by atoms with E-state index in [9.17, 15) is 18.0 Å². The number of amides is 1. The van der Waals surface area contributed by atoms with Gasteiger partial charge in [0.25, 0.3) is 0 Å². The second-order valence-corrected chi connectivity index (χ2v) is 9.01. The Bertz CT molecular complexity index is 780. The summed E-state index contributed by atoms with van der Waals surface area (Å²) < 4.78 is 26.9. The first kappa shape index (κ1) is 18.8. The van der Waals surface area contributed by atoms with Crippen LogP contribution >= 0.6 is 0 Å². The molecule has 1 aromatic rings. The molecular formula is C18H24N2O5S. The number of carboxylic acid groups (broad SMARTS) is 1. The van der Waals surface area contributed by atoms with Crippen molar-refractivity contribution in [2.75, 3.05) is 0 Å². The van der Waals surface area contributed by atoms with Crippen LogP contribution in [0.15, 0.2) is 29.2 Å². The lowest BCUT2D eigenvalue weighted by Crippen LogP contribution is -2.54. The highest BCUT2D eigenvalue weighted by Crippen LogP contribution is 2.35. The Morgan fingerprint density at radius 1 is 1.15 bits per heavy atom. The maximum absolute atomic E-state index is 12.2. The van der Waals surface area contributed by atoms with Crippen LogP contribution in [0.1, 0.15) is 50.5 Å². The minimum atomic E-state index is -3.46. The number of carboxylic acids is 1. The summed E-state index contributed by atoms with van der Waals surface area (Å²) in [6, 6.07) is 6.59. The summed E-state index contributed by atoms with van der Waals surface area (Å²) in [6.45, 7) is 0. The van der Waals surface area contributed by atoms with E-state index in [-0.39, 0.29) is 29.7 Å². The molecular weight excluding hydrogens is 356 g/mol. The van der Waals surface area contributed by atoms with Gasteiger partial charge in [-0.15, -0.1) is 0 Å². The first-order valence-electron chi connectivity index (χ1n) is 8.92. The molecule has 3 N–H and O–H groups in total. The van der Waals surface area contributed by atoms with Crippen molar-refractivity contribution in [3.8, 4) is 0 Å².